The summed E-state index contributed by atoms with van der Waals surface area (Å²) in [5.74, 6) is -11.2. The molecule has 78 heavy (non-hydrogen) atoms. The highest BCUT2D eigenvalue weighted by Crippen LogP contribution is 2.64. The molecule has 426 valence electrons. The average Bonchev–Trinajstić information content (AvgIpc) is 3.83. The molecule has 0 saturated heterocycles. The molecule has 5 aromatic rings. The highest BCUT2D eigenvalue weighted by Gasteiger charge is 2.63. The molecular weight excluding hydrogens is 1120 g/mol. The molecule has 4 N–H and O–H groups in total. The van der Waals surface area contributed by atoms with Gasteiger partial charge < -0.3 is 20.4 Å². The van der Waals surface area contributed by atoms with Gasteiger partial charge in [0.05, 0.1) is 39.6 Å². The Bertz CT molecular complexity index is 3540. The van der Waals surface area contributed by atoms with Gasteiger partial charge in [0.25, 0.3) is 5.92 Å². The Morgan fingerprint density at radius 3 is 2.09 bits per heavy atom. The normalized spacial score (nSPS) is 17.6. The van der Waals surface area contributed by atoms with Crippen molar-refractivity contribution in [2.45, 2.75) is 114 Å². The summed E-state index contributed by atoms with van der Waals surface area (Å²) < 4.78 is 217. The first-order valence-electron chi connectivity index (χ1n) is 23.3. The Labute approximate surface area is 439 Å². The van der Waals surface area contributed by atoms with Gasteiger partial charge in [-0.05, 0) is 102 Å². The number of nitrogens with zero attached hydrogens (tertiary/aromatic N) is 6. The zero-order chi connectivity index (χ0) is 58.4. The number of phosphoric ester groups is 1. The highest BCUT2D eigenvalue weighted by atomic mass is 32.2. The van der Waals surface area contributed by atoms with Gasteiger partial charge in [0.15, 0.2) is 21.3 Å². The number of hydrogen-bond acceptors (Lipinski definition) is 11. The van der Waals surface area contributed by atoms with E-state index < -0.39 is 163 Å². The molecule has 3 amide bonds. The monoisotopic (exact) mass is 1170 g/mol. The molecule has 31 heteroatoms. The van der Waals surface area contributed by atoms with Crippen LogP contribution in [0.1, 0.15) is 98.9 Å². The number of halogens is 10. The zero-order valence-corrected chi connectivity index (χ0v) is 45.0. The lowest BCUT2D eigenvalue weighted by atomic mass is 9.73. The summed E-state index contributed by atoms with van der Waals surface area (Å²) in [7, 11) is -14.0. The van der Waals surface area contributed by atoms with Crippen LogP contribution in [-0.4, -0.2) is 98.7 Å². The van der Waals surface area contributed by atoms with Crippen LogP contribution >= 0.6 is 7.82 Å². The molecule has 0 radical (unpaired) electrons. The van der Waals surface area contributed by atoms with E-state index in [4.69, 9.17) is 4.98 Å². The van der Waals surface area contributed by atoms with Crippen molar-refractivity contribution in [1.82, 2.24) is 35.2 Å². The van der Waals surface area contributed by atoms with Gasteiger partial charge in [0.1, 0.15) is 30.4 Å². The first-order chi connectivity index (χ1) is 35.5. The van der Waals surface area contributed by atoms with Gasteiger partial charge in [-0.1, -0.05) is 24.3 Å². The van der Waals surface area contributed by atoms with Crippen molar-refractivity contribution in [3.05, 3.63) is 99.6 Å². The topological polar surface area (TPSA) is 245 Å². The third-order valence-electron chi connectivity index (χ3n) is 13.3. The fourth-order valence-corrected chi connectivity index (χ4v) is 11.5. The Morgan fingerprint density at radius 2 is 1.55 bits per heavy atom. The number of aryl methyl sites for hydroxylation is 1. The van der Waals surface area contributed by atoms with Crippen molar-refractivity contribution >= 4 is 61.9 Å². The zero-order valence-electron chi connectivity index (χ0n) is 42.5. The standard InChI is InChI=1S/C47H51F10N8O10PS2/c1-23-9-10-29(38-35(23)41(62-64(38)22-45(50,51)52)65(78(8,73)74)42(67)58-21-43(3,4)75-76(68,69)70)28-12-14-32(24(2)19-44(5,6)77(7,71)72)60-37(28)33(17-25-15-26(48)18-27(49)16-25)59-34(66)20-63-40-36(39(61-63)47(55,56)57)30-11-13-31(30)46(40,53)54/h9-10,12,14-16,18-19,30-31,33H,11,13,17,20-22H2,1-8H3,(H,58,67)(H,59,66)(H2,68,69,70)/t30-,31+,33-/m0/s1. The van der Waals surface area contributed by atoms with Gasteiger partial charge in [-0.25, -0.2) is 35.0 Å². The number of fused-ring (bicyclic) bond motifs is 4. The van der Waals surface area contributed by atoms with Crippen LogP contribution in [0.3, 0.4) is 0 Å². The maximum atomic E-state index is 15.9. The second-order valence-electron chi connectivity index (χ2n) is 20.4. The number of anilines is 1. The molecule has 3 heterocycles. The number of sulfonamides is 1. The van der Waals surface area contributed by atoms with E-state index in [9.17, 15) is 75.9 Å². The first kappa shape index (κ1) is 59.7. The number of alkyl halides is 8. The van der Waals surface area contributed by atoms with Crippen LogP contribution in [0.15, 0.2) is 48.5 Å². The van der Waals surface area contributed by atoms with Crippen molar-refractivity contribution in [3.63, 3.8) is 0 Å². The Kier molecular flexibility index (Phi) is 15.5. The van der Waals surface area contributed by atoms with Gasteiger partial charge in [-0.3, -0.25) is 23.7 Å². The summed E-state index contributed by atoms with van der Waals surface area (Å²) in [6.07, 6.45) is -8.55. The Morgan fingerprint density at radius 1 is 0.936 bits per heavy atom. The van der Waals surface area contributed by atoms with Crippen LogP contribution in [-0.2, 0) is 65.4 Å². The van der Waals surface area contributed by atoms with Gasteiger partial charge >= 0.3 is 26.2 Å². The number of rotatable bonds is 17. The molecule has 1 saturated carbocycles. The number of amides is 3. The van der Waals surface area contributed by atoms with E-state index in [0.29, 0.717) is 12.3 Å². The lowest BCUT2D eigenvalue weighted by Gasteiger charge is -2.34. The Balaban J connectivity index is 1.48. The van der Waals surface area contributed by atoms with Crippen molar-refractivity contribution in [2.24, 2.45) is 5.92 Å². The number of nitrogens with one attached hydrogen (secondary N) is 2. The predicted molar refractivity (Wildman–Crippen MR) is 262 cm³/mol. The number of aromatic nitrogens is 5. The van der Waals surface area contributed by atoms with Crippen LogP contribution in [0.5, 0.6) is 0 Å². The molecule has 0 aliphatic heterocycles. The van der Waals surface area contributed by atoms with Gasteiger partial charge in [0.2, 0.25) is 15.9 Å². The summed E-state index contributed by atoms with van der Waals surface area (Å²) >= 11 is 0. The number of carbonyl (C=O) groups excluding carboxylic acids is 2. The van der Waals surface area contributed by atoms with E-state index >= 15 is 8.78 Å². The molecule has 2 aliphatic rings. The second-order valence-corrected chi connectivity index (χ2v) is 26.0. The van der Waals surface area contributed by atoms with E-state index in [0.717, 1.165) is 32.2 Å². The maximum absolute atomic E-state index is 15.9. The number of pyridine rings is 1. The molecule has 7 rings (SSSR count). The minimum absolute atomic E-state index is 0.0147. The van der Waals surface area contributed by atoms with Crippen LogP contribution in [0.4, 0.5) is 54.5 Å². The summed E-state index contributed by atoms with van der Waals surface area (Å²) in [5.41, 5.74) is -7.28. The van der Waals surface area contributed by atoms with Crippen LogP contribution in [0.25, 0.3) is 27.6 Å². The fraction of sp³-hybridized carbons (Fsp3) is 0.468. The lowest BCUT2D eigenvalue weighted by molar-refractivity contribution is -0.144. The lowest BCUT2D eigenvalue weighted by Crippen LogP contribution is -2.48. The number of sulfone groups is 1. The number of phosphoric acid groups is 1. The predicted octanol–water partition coefficient (Wildman–Crippen LogP) is 8.75. The Hall–Kier alpha value is -5.94. The van der Waals surface area contributed by atoms with Crippen LogP contribution in [0, 0.1) is 24.5 Å². The van der Waals surface area contributed by atoms with Crippen molar-refractivity contribution in [2.75, 3.05) is 23.4 Å². The molecule has 2 aromatic carbocycles. The SMILES string of the molecule is CC(=CC(C)(C)S(C)(=O)=O)c1ccc(-c2ccc(C)c3c(N(C(=O)NCC(C)(C)OP(=O)(O)O)S(C)(=O)=O)nn(CC(F)(F)F)c23)c([C@H](Cc2cc(F)cc(F)c2)NC(=O)Cn2nc(C(F)(F)F)c3c2C(F)(F)[C@@H]2CC[C@H]32)n1. The van der Waals surface area contributed by atoms with Gasteiger partial charge in [0, 0.05) is 46.9 Å². The summed E-state index contributed by atoms with van der Waals surface area (Å²) in [4.78, 5) is 51.8. The molecule has 0 unspecified atom stereocenters. The van der Waals surface area contributed by atoms with Crippen molar-refractivity contribution < 1.29 is 89.2 Å². The smallest absolute Gasteiger partial charge is 0.346 e. The minimum Gasteiger partial charge on any atom is -0.346 e. The number of carbonyl (C=O) groups is 2. The molecular formula is C47H51F10N8O10PS2. The summed E-state index contributed by atoms with van der Waals surface area (Å²) in [5, 5.41) is 11.6. The molecule has 2 aliphatic carbocycles. The molecule has 0 spiro atoms. The summed E-state index contributed by atoms with van der Waals surface area (Å²) in [6, 6.07) is 3.69. The second kappa shape index (κ2) is 20.3. The van der Waals surface area contributed by atoms with E-state index in [2.05, 4.69) is 25.4 Å². The fourth-order valence-electron chi connectivity index (χ4n) is 9.62. The molecule has 3 aromatic heterocycles. The third kappa shape index (κ3) is 12.4. The summed E-state index contributed by atoms with van der Waals surface area (Å²) in [6.45, 7) is 3.50. The quantitative estimate of drug-likeness (QED) is 0.0503. The number of urea groups is 1. The van der Waals surface area contributed by atoms with Crippen LogP contribution in [0.2, 0.25) is 0 Å². The number of benzene rings is 2. The van der Waals surface area contributed by atoms with Gasteiger partial charge in [-0.2, -0.15) is 49.6 Å². The van der Waals surface area contributed by atoms with E-state index in [1.807, 2.05) is 0 Å². The van der Waals surface area contributed by atoms with E-state index in [1.165, 1.54) is 58.0 Å². The average molecular weight is 1170 g/mol. The van der Waals surface area contributed by atoms with E-state index in [1.54, 1.807) is 0 Å². The van der Waals surface area contributed by atoms with Gasteiger partial charge in [-0.15, -0.1) is 0 Å². The highest BCUT2D eigenvalue weighted by molar-refractivity contribution is 7.93. The molecule has 1 fully saturated rings. The first-order valence-corrected chi connectivity index (χ1v) is 28.6. The molecule has 0 bridgehead atoms. The van der Waals surface area contributed by atoms with Crippen molar-refractivity contribution in [3.8, 4) is 11.1 Å². The minimum atomic E-state index is -5.24. The molecule has 3 atom stereocenters. The largest absolute Gasteiger partial charge is 0.470 e. The van der Waals surface area contributed by atoms with E-state index in [-0.39, 0.29) is 60.0 Å². The van der Waals surface area contributed by atoms with Crippen LogP contribution < -0.4 is 14.9 Å². The number of hydrogen-bond donors (Lipinski definition) is 4. The maximum Gasteiger partial charge on any atom is 0.470 e. The number of allylic oxidation sites excluding steroid dienone is 1. The molecule has 18 nitrogen and oxygen atoms in total. The van der Waals surface area contributed by atoms with Crippen molar-refractivity contribution in [1.29, 1.82) is 0 Å². The third-order valence-corrected chi connectivity index (χ3v) is 17.1.